The van der Waals surface area contributed by atoms with E-state index >= 15 is 0 Å². The maximum atomic E-state index is 12.0. The molecule has 2 saturated heterocycles. The van der Waals surface area contributed by atoms with Crippen molar-refractivity contribution in [1.82, 2.24) is 19.6 Å². The minimum Gasteiger partial charge on any atom is -0.481 e. The van der Waals surface area contributed by atoms with E-state index in [9.17, 15) is 14.7 Å². The van der Waals surface area contributed by atoms with Crippen LogP contribution >= 0.6 is 0 Å². The Morgan fingerprint density at radius 1 is 1.39 bits per heavy atom. The van der Waals surface area contributed by atoms with Crippen molar-refractivity contribution in [3.8, 4) is 0 Å². The number of carbonyl (C=O) groups excluding carboxylic acids is 1. The molecule has 7 nitrogen and oxygen atoms in total. The highest BCUT2D eigenvalue weighted by Crippen LogP contribution is 2.43. The van der Waals surface area contributed by atoms with Crippen LogP contribution in [-0.4, -0.2) is 62.2 Å². The number of carboxylic acid groups (broad SMARTS) is 1. The third-order valence-corrected chi connectivity index (χ3v) is 5.82. The van der Waals surface area contributed by atoms with Crippen molar-refractivity contribution in [2.24, 2.45) is 13.0 Å². The lowest BCUT2D eigenvalue weighted by Gasteiger charge is -2.45. The molecule has 0 bridgehead atoms. The van der Waals surface area contributed by atoms with Gasteiger partial charge < -0.3 is 10.0 Å². The molecule has 0 aliphatic carbocycles. The number of hydrogen-bond donors (Lipinski definition) is 1. The number of aromatic nitrogens is 2. The van der Waals surface area contributed by atoms with Crippen molar-refractivity contribution in [1.29, 1.82) is 0 Å². The van der Waals surface area contributed by atoms with E-state index in [0.29, 0.717) is 12.8 Å². The van der Waals surface area contributed by atoms with E-state index in [1.807, 2.05) is 17.9 Å². The number of piperidine rings is 1. The van der Waals surface area contributed by atoms with Gasteiger partial charge in [0.25, 0.3) is 0 Å². The summed E-state index contributed by atoms with van der Waals surface area (Å²) in [5.41, 5.74) is 1.85. The normalized spacial score (nSPS) is 24.6. The minimum atomic E-state index is -0.848. The molecule has 1 spiro atoms. The Bertz CT molecular complexity index is 631. The van der Waals surface area contributed by atoms with Crippen LogP contribution in [0.5, 0.6) is 0 Å². The molecule has 1 aromatic heterocycles. The monoisotopic (exact) mass is 320 g/mol. The van der Waals surface area contributed by atoms with Crippen LogP contribution in [0.25, 0.3) is 0 Å². The molecule has 0 radical (unpaired) electrons. The summed E-state index contributed by atoms with van der Waals surface area (Å²) in [5.74, 6) is -1.48. The molecule has 3 heterocycles. The lowest BCUT2D eigenvalue weighted by atomic mass is 9.77. The van der Waals surface area contributed by atoms with Crippen LogP contribution in [0.4, 0.5) is 0 Å². The second-order valence-electron chi connectivity index (χ2n) is 6.81. The van der Waals surface area contributed by atoms with Crippen molar-refractivity contribution in [3.63, 3.8) is 0 Å². The second-order valence-corrected chi connectivity index (χ2v) is 6.81. The van der Waals surface area contributed by atoms with E-state index < -0.39 is 17.4 Å². The van der Waals surface area contributed by atoms with E-state index in [2.05, 4.69) is 16.9 Å². The Labute approximate surface area is 135 Å². The van der Waals surface area contributed by atoms with Gasteiger partial charge in [-0.1, -0.05) is 0 Å². The molecule has 1 amide bonds. The zero-order valence-corrected chi connectivity index (χ0v) is 13.9. The van der Waals surface area contributed by atoms with Gasteiger partial charge in [0.05, 0.1) is 17.7 Å². The van der Waals surface area contributed by atoms with Crippen molar-refractivity contribution in [2.45, 2.75) is 38.3 Å². The van der Waals surface area contributed by atoms with Gasteiger partial charge in [-0.05, 0) is 19.8 Å². The Morgan fingerprint density at radius 2 is 2.04 bits per heavy atom. The van der Waals surface area contributed by atoms with Gasteiger partial charge in [0.15, 0.2) is 0 Å². The smallest absolute Gasteiger partial charge is 0.309 e. The number of amides is 1. The molecule has 1 N–H and O–H groups in total. The number of rotatable bonds is 3. The molecule has 2 aliphatic heterocycles. The van der Waals surface area contributed by atoms with Gasteiger partial charge in [0.2, 0.25) is 5.91 Å². The third kappa shape index (κ3) is 2.52. The molecule has 2 fully saturated rings. The van der Waals surface area contributed by atoms with Crippen molar-refractivity contribution in [2.75, 3.05) is 20.1 Å². The summed E-state index contributed by atoms with van der Waals surface area (Å²) in [5, 5.41) is 13.8. The van der Waals surface area contributed by atoms with E-state index in [4.69, 9.17) is 0 Å². The fourth-order valence-corrected chi connectivity index (χ4v) is 4.02. The summed E-state index contributed by atoms with van der Waals surface area (Å²) in [4.78, 5) is 27.6. The largest absolute Gasteiger partial charge is 0.481 e. The number of carbonyl (C=O) groups is 2. The van der Waals surface area contributed by atoms with E-state index in [-0.39, 0.29) is 12.3 Å². The predicted molar refractivity (Wildman–Crippen MR) is 83.7 cm³/mol. The summed E-state index contributed by atoms with van der Waals surface area (Å²) >= 11 is 0. The van der Waals surface area contributed by atoms with Crippen molar-refractivity contribution >= 4 is 11.9 Å². The quantitative estimate of drug-likeness (QED) is 0.883. The molecule has 2 aliphatic rings. The van der Waals surface area contributed by atoms with E-state index in [0.717, 1.165) is 25.3 Å². The summed E-state index contributed by atoms with van der Waals surface area (Å²) in [7, 11) is 3.69. The Balaban J connectivity index is 1.71. The van der Waals surface area contributed by atoms with Crippen LogP contribution in [-0.2, 0) is 23.2 Å². The van der Waals surface area contributed by atoms with Crippen LogP contribution in [0.3, 0.4) is 0 Å². The molecule has 1 atom stereocenters. The summed E-state index contributed by atoms with van der Waals surface area (Å²) < 4.78 is 1.87. The number of likely N-dealkylation sites (tertiary alicyclic amines) is 2. The van der Waals surface area contributed by atoms with Crippen LogP contribution in [0, 0.1) is 12.8 Å². The predicted octanol–water partition coefficient (Wildman–Crippen LogP) is 0.626. The first-order valence-corrected chi connectivity index (χ1v) is 8.04. The molecule has 1 unspecified atom stereocenters. The van der Waals surface area contributed by atoms with E-state index in [1.165, 1.54) is 5.56 Å². The summed E-state index contributed by atoms with van der Waals surface area (Å²) in [6, 6.07) is 0. The highest BCUT2D eigenvalue weighted by Gasteiger charge is 2.55. The van der Waals surface area contributed by atoms with Gasteiger partial charge in [-0.2, -0.15) is 5.10 Å². The van der Waals surface area contributed by atoms with Gasteiger partial charge >= 0.3 is 5.97 Å². The van der Waals surface area contributed by atoms with Crippen LogP contribution in [0.2, 0.25) is 0 Å². The minimum absolute atomic E-state index is 0.0473. The lowest BCUT2D eigenvalue weighted by molar-refractivity contribution is -0.146. The Kier molecular flexibility index (Phi) is 3.91. The topological polar surface area (TPSA) is 78.7 Å². The average Bonchev–Trinajstić information content (AvgIpc) is 2.96. The number of carboxylic acids is 1. The maximum Gasteiger partial charge on any atom is 0.309 e. The fourth-order valence-electron chi connectivity index (χ4n) is 4.02. The molecular weight excluding hydrogens is 296 g/mol. The Morgan fingerprint density at radius 3 is 2.57 bits per heavy atom. The van der Waals surface area contributed by atoms with Crippen LogP contribution < -0.4 is 0 Å². The first-order chi connectivity index (χ1) is 10.8. The van der Waals surface area contributed by atoms with Gasteiger partial charge in [-0.15, -0.1) is 0 Å². The van der Waals surface area contributed by atoms with Crippen molar-refractivity contribution < 1.29 is 14.7 Å². The van der Waals surface area contributed by atoms with Crippen molar-refractivity contribution in [3.05, 3.63) is 17.5 Å². The molecular formula is C16H24N4O3. The van der Waals surface area contributed by atoms with Gasteiger partial charge in [0, 0.05) is 51.4 Å². The number of aryl methyl sites for hydroxylation is 1. The molecule has 1 aromatic rings. The summed E-state index contributed by atoms with van der Waals surface area (Å²) in [6.45, 7) is 4.48. The average molecular weight is 320 g/mol. The van der Waals surface area contributed by atoms with Gasteiger partial charge in [-0.25, -0.2) is 0 Å². The van der Waals surface area contributed by atoms with Crippen LogP contribution in [0.15, 0.2) is 6.20 Å². The lowest BCUT2D eigenvalue weighted by Crippen LogP contribution is -2.55. The molecule has 0 aromatic carbocycles. The molecule has 0 saturated carbocycles. The first-order valence-electron chi connectivity index (χ1n) is 8.04. The van der Waals surface area contributed by atoms with E-state index in [1.54, 1.807) is 11.9 Å². The molecule has 126 valence electrons. The number of hydrogen-bond acceptors (Lipinski definition) is 4. The highest BCUT2D eigenvalue weighted by atomic mass is 16.4. The molecule has 7 heteroatoms. The number of aliphatic carboxylic acids is 1. The van der Waals surface area contributed by atoms with Gasteiger partial charge in [0.1, 0.15) is 0 Å². The third-order valence-electron chi connectivity index (χ3n) is 5.82. The first kappa shape index (κ1) is 16.0. The Hall–Kier alpha value is -1.89. The number of nitrogens with zero attached hydrogens (tertiary/aromatic N) is 4. The maximum absolute atomic E-state index is 12.0. The van der Waals surface area contributed by atoms with Crippen LogP contribution in [0.1, 0.15) is 30.5 Å². The fraction of sp³-hybridized carbons (Fsp3) is 0.688. The SMILES string of the molecule is Cc1c(CN2CCC3(CC2)C(C(=O)O)CC(=O)N3C)cnn1C. The summed E-state index contributed by atoms with van der Waals surface area (Å²) in [6.07, 6.45) is 3.45. The highest BCUT2D eigenvalue weighted by molar-refractivity contribution is 5.88. The standard InChI is InChI=1S/C16H24N4O3/c1-11-12(9-17-19(11)3)10-20-6-4-16(5-7-20)13(15(22)23)8-14(21)18(16)2/h9,13H,4-8,10H2,1-3H3,(H,22,23). The molecule has 3 rings (SSSR count). The zero-order chi connectivity index (χ0) is 16.8. The van der Waals surface area contributed by atoms with Gasteiger partial charge in [-0.3, -0.25) is 19.2 Å². The molecule has 23 heavy (non-hydrogen) atoms. The second kappa shape index (κ2) is 5.63. The zero-order valence-electron chi connectivity index (χ0n) is 13.9.